The molecule has 0 atom stereocenters. The maximum atomic E-state index is 12.7. The summed E-state index contributed by atoms with van der Waals surface area (Å²) in [5.41, 5.74) is 2.92. The van der Waals surface area contributed by atoms with E-state index in [4.69, 9.17) is 5.84 Å². The van der Waals surface area contributed by atoms with Crippen LogP contribution < -0.4 is 11.3 Å². The molecule has 1 heterocycles. The summed E-state index contributed by atoms with van der Waals surface area (Å²) < 4.78 is 0. The fraction of sp³-hybridized carbons (Fsp3) is 0.600. The zero-order valence-electron chi connectivity index (χ0n) is 12.9. The van der Waals surface area contributed by atoms with Crippen LogP contribution in [0.15, 0.2) is 18.2 Å². The fourth-order valence-electron chi connectivity index (χ4n) is 2.30. The number of rotatable bonds is 7. The minimum atomic E-state index is -0.0236. The van der Waals surface area contributed by atoms with Crippen molar-refractivity contribution in [1.82, 2.24) is 9.88 Å². The molecule has 0 saturated carbocycles. The van der Waals surface area contributed by atoms with Gasteiger partial charge in [0.2, 0.25) is 0 Å². The molecule has 1 aromatic rings. The Labute approximate surface area is 121 Å². The number of hydrazine groups is 1. The molecule has 1 amide bonds. The minimum absolute atomic E-state index is 0.0236. The van der Waals surface area contributed by atoms with Gasteiger partial charge in [-0.05, 0) is 30.9 Å². The van der Waals surface area contributed by atoms with Crippen molar-refractivity contribution >= 4 is 11.7 Å². The predicted octanol–water partition coefficient (Wildman–Crippen LogP) is 2.65. The molecule has 0 aliphatic carbocycles. The van der Waals surface area contributed by atoms with Gasteiger partial charge in [-0.15, -0.1) is 0 Å². The number of pyridine rings is 1. The van der Waals surface area contributed by atoms with Crippen molar-refractivity contribution in [2.45, 2.75) is 46.6 Å². The lowest BCUT2D eigenvalue weighted by Crippen LogP contribution is -2.42. The standard InChI is InChI=1S/C15H26N4O/c1-5-12(6-2)19(10-11(3)4)15(20)13-8-7-9-14(17-13)18-16/h7-9,11-12H,5-6,10,16H2,1-4H3,(H,17,18). The number of nitrogens with one attached hydrogen (secondary N) is 1. The van der Waals surface area contributed by atoms with E-state index in [0.29, 0.717) is 17.4 Å². The smallest absolute Gasteiger partial charge is 0.272 e. The summed E-state index contributed by atoms with van der Waals surface area (Å²) >= 11 is 0. The molecule has 0 unspecified atom stereocenters. The molecule has 1 aromatic heterocycles. The van der Waals surface area contributed by atoms with E-state index in [2.05, 4.69) is 38.1 Å². The highest BCUT2D eigenvalue weighted by molar-refractivity contribution is 5.92. The molecule has 1 rings (SSSR count). The summed E-state index contributed by atoms with van der Waals surface area (Å²) in [6.45, 7) is 9.20. The van der Waals surface area contributed by atoms with Crippen LogP contribution in [0, 0.1) is 5.92 Å². The normalized spacial score (nSPS) is 10.9. The van der Waals surface area contributed by atoms with E-state index in [1.165, 1.54) is 0 Å². The Morgan fingerprint density at radius 2 is 2.00 bits per heavy atom. The van der Waals surface area contributed by atoms with Crippen molar-refractivity contribution in [1.29, 1.82) is 0 Å². The maximum Gasteiger partial charge on any atom is 0.272 e. The number of nitrogens with two attached hydrogens (primary N) is 1. The predicted molar refractivity (Wildman–Crippen MR) is 82.3 cm³/mol. The van der Waals surface area contributed by atoms with Gasteiger partial charge < -0.3 is 10.3 Å². The van der Waals surface area contributed by atoms with Gasteiger partial charge in [-0.25, -0.2) is 10.8 Å². The van der Waals surface area contributed by atoms with E-state index < -0.39 is 0 Å². The van der Waals surface area contributed by atoms with Crippen LogP contribution in [0.4, 0.5) is 5.82 Å². The summed E-state index contributed by atoms with van der Waals surface area (Å²) in [7, 11) is 0. The van der Waals surface area contributed by atoms with Crippen molar-refractivity contribution in [2.24, 2.45) is 11.8 Å². The molecule has 5 nitrogen and oxygen atoms in total. The first-order valence-electron chi connectivity index (χ1n) is 7.28. The molecule has 0 radical (unpaired) electrons. The highest BCUT2D eigenvalue weighted by Crippen LogP contribution is 2.16. The van der Waals surface area contributed by atoms with E-state index >= 15 is 0 Å². The van der Waals surface area contributed by atoms with Crippen LogP contribution >= 0.6 is 0 Å². The summed E-state index contributed by atoms with van der Waals surface area (Å²) in [6.07, 6.45) is 1.90. The molecule has 20 heavy (non-hydrogen) atoms. The molecule has 0 spiro atoms. The number of nitrogen functional groups attached to an aromatic ring is 1. The van der Waals surface area contributed by atoms with E-state index in [0.717, 1.165) is 19.4 Å². The van der Waals surface area contributed by atoms with Gasteiger partial charge in [-0.1, -0.05) is 33.8 Å². The molecule has 0 aliphatic rings. The molecule has 0 bridgehead atoms. The number of anilines is 1. The van der Waals surface area contributed by atoms with Gasteiger partial charge in [-0.3, -0.25) is 4.79 Å². The van der Waals surface area contributed by atoms with Crippen molar-refractivity contribution in [3.63, 3.8) is 0 Å². The highest BCUT2D eigenvalue weighted by atomic mass is 16.2. The topological polar surface area (TPSA) is 71.2 Å². The Balaban J connectivity index is 3.02. The third-order valence-corrected chi connectivity index (χ3v) is 3.32. The van der Waals surface area contributed by atoms with Crippen LogP contribution in [0.5, 0.6) is 0 Å². The Morgan fingerprint density at radius 3 is 2.50 bits per heavy atom. The van der Waals surface area contributed by atoms with E-state index in [-0.39, 0.29) is 11.9 Å². The Hall–Kier alpha value is -1.62. The largest absolute Gasteiger partial charge is 0.334 e. The van der Waals surface area contributed by atoms with Crippen LogP contribution in [0.3, 0.4) is 0 Å². The first-order valence-corrected chi connectivity index (χ1v) is 7.28. The van der Waals surface area contributed by atoms with Crippen LogP contribution in [-0.2, 0) is 0 Å². The van der Waals surface area contributed by atoms with Crippen molar-refractivity contribution in [2.75, 3.05) is 12.0 Å². The minimum Gasteiger partial charge on any atom is -0.334 e. The van der Waals surface area contributed by atoms with Gasteiger partial charge in [0.05, 0.1) is 0 Å². The molecule has 112 valence electrons. The molecule has 0 aliphatic heterocycles. The van der Waals surface area contributed by atoms with Crippen LogP contribution in [-0.4, -0.2) is 28.4 Å². The van der Waals surface area contributed by atoms with Gasteiger partial charge in [0.15, 0.2) is 0 Å². The van der Waals surface area contributed by atoms with Crippen LogP contribution in [0.25, 0.3) is 0 Å². The van der Waals surface area contributed by atoms with Crippen LogP contribution in [0.2, 0.25) is 0 Å². The van der Waals surface area contributed by atoms with Crippen molar-refractivity contribution < 1.29 is 4.79 Å². The van der Waals surface area contributed by atoms with Crippen molar-refractivity contribution in [3.8, 4) is 0 Å². The van der Waals surface area contributed by atoms with Gasteiger partial charge in [0.25, 0.3) is 5.91 Å². The van der Waals surface area contributed by atoms with Gasteiger partial charge in [-0.2, -0.15) is 0 Å². The first kappa shape index (κ1) is 16.4. The Morgan fingerprint density at radius 1 is 1.35 bits per heavy atom. The summed E-state index contributed by atoms with van der Waals surface area (Å²) in [5.74, 6) is 6.26. The molecule has 0 fully saturated rings. The number of nitrogens with zero attached hydrogens (tertiary/aromatic N) is 2. The number of carbonyl (C=O) groups is 1. The third kappa shape index (κ3) is 4.20. The number of hydrogen-bond donors (Lipinski definition) is 2. The Kier molecular flexibility index (Phi) is 6.45. The number of amides is 1. The average molecular weight is 278 g/mol. The van der Waals surface area contributed by atoms with Gasteiger partial charge >= 0.3 is 0 Å². The average Bonchev–Trinajstić information content (AvgIpc) is 2.46. The number of aromatic nitrogens is 1. The summed E-state index contributed by atoms with van der Waals surface area (Å²) in [6, 6.07) is 5.51. The highest BCUT2D eigenvalue weighted by Gasteiger charge is 2.24. The molecule has 3 N–H and O–H groups in total. The van der Waals surface area contributed by atoms with E-state index in [1.807, 2.05) is 4.90 Å². The lowest BCUT2D eigenvalue weighted by atomic mass is 10.1. The summed E-state index contributed by atoms with van der Waals surface area (Å²) in [5, 5.41) is 0. The lowest BCUT2D eigenvalue weighted by molar-refractivity contribution is 0.0634. The lowest BCUT2D eigenvalue weighted by Gasteiger charge is -2.32. The SMILES string of the molecule is CCC(CC)N(CC(C)C)C(=O)c1cccc(NN)n1. The van der Waals surface area contributed by atoms with Gasteiger partial charge in [0.1, 0.15) is 11.5 Å². The monoisotopic (exact) mass is 278 g/mol. The fourth-order valence-corrected chi connectivity index (χ4v) is 2.30. The van der Waals surface area contributed by atoms with E-state index in [1.54, 1.807) is 18.2 Å². The maximum absolute atomic E-state index is 12.7. The van der Waals surface area contributed by atoms with Gasteiger partial charge in [0, 0.05) is 12.6 Å². The van der Waals surface area contributed by atoms with E-state index in [9.17, 15) is 4.79 Å². The second-order valence-corrected chi connectivity index (χ2v) is 5.37. The molecule has 5 heteroatoms. The molecule has 0 aromatic carbocycles. The Bertz CT molecular complexity index is 430. The second kappa shape index (κ2) is 7.85. The zero-order valence-corrected chi connectivity index (χ0v) is 12.9. The summed E-state index contributed by atoms with van der Waals surface area (Å²) in [4.78, 5) is 18.9. The first-order chi connectivity index (χ1) is 9.53. The number of carbonyl (C=O) groups excluding carboxylic acids is 1. The molecular weight excluding hydrogens is 252 g/mol. The quantitative estimate of drug-likeness (QED) is 0.594. The van der Waals surface area contributed by atoms with Crippen LogP contribution in [0.1, 0.15) is 51.0 Å². The van der Waals surface area contributed by atoms with Crippen molar-refractivity contribution in [3.05, 3.63) is 23.9 Å². The second-order valence-electron chi connectivity index (χ2n) is 5.37. The zero-order chi connectivity index (χ0) is 15.1. The molecule has 0 saturated heterocycles. The third-order valence-electron chi connectivity index (χ3n) is 3.32. The molecular formula is C15H26N4O. The number of hydrogen-bond acceptors (Lipinski definition) is 4.